The minimum atomic E-state index is 0.978. The molecule has 1 aliphatic rings. The molecular formula is C31H23N4S+. The van der Waals surface area contributed by atoms with Crippen LogP contribution in [0.1, 0.15) is 5.56 Å². The molecule has 0 saturated heterocycles. The molecule has 0 aliphatic carbocycles. The van der Waals surface area contributed by atoms with Crippen LogP contribution < -0.4 is 9.47 Å². The second kappa shape index (κ2) is 8.40. The van der Waals surface area contributed by atoms with Crippen molar-refractivity contribution in [1.29, 1.82) is 0 Å². The molecule has 0 saturated carbocycles. The minimum Gasteiger partial charge on any atom is -0.338 e. The number of imidazole rings is 1. The van der Waals surface area contributed by atoms with Gasteiger partial charge in [-0.15, -0.1) is 0 Å². The Bertz CT molecular complexity index is 1790. The van der Waals surface area contributed by atoms with Gasteiger partial charge in [0.2, 0.25) is 0 Å². The molecule has 1 aliphatic heterocycles. The molecule has 6 aromatic rings. The molecule has 0 atom stereocenters. The van der Waals surface area contributed by atoms with E-state index in [-0.39, 0.29) is 0 Å². The van der Waals surface area contributed by atoms with Gasteiger partial charge in [-0.25, -0.2) is 4.98 Å². The average Bonchev–Trinajstić information content (AvgIpc) is 3.50. The van der Waals surface area contributed by atoms with Crippen molar-refractivity contribution >= 4 is 45.5 Å². The number of thioether (sulfide) groups is 1. The van der Waals surface area contributed by atoms with Crippen molar-refractivity contribution in [3.8, 4) is 11.5 Å². The molecule has 0 fully saturated rings. The van der Waals surface area contributed by atoms with Crippen molar-refractivity contribution in [2.45, 2.75) is 4.90 Å². The third kappa shape index (κ3) is 3.32. The Morgan fingerprint density at radius 3 is 2.44 bits per heavy atom. The van der Waals surface area contributed by atoms with Gasteiger partial charge in [-0.3, -0.25) is 0 Å². The number of rotatable bonds is 3. The van der Waals surface area contributed by atoms with Gasteiger partial charge in [0.15, 0.2) is 11.8 Å². The Kier molecular flexibility index (Phi) is 4.89. The molecule has 0 amide bonds. The molecule has 0 N–H and O–H groups in total. The molecule has 0 spiro atoms. The highest BCUT2D eigenvalue weighted by molar-refractivity contribution is 8.03. The Morgan fingerprint density at radius 2 is 1.56 bits per heavy atom. The maximum absolute atomic E-state index is 4.70. The summed E-state index contributed by atoms with van der Waals surface area (Å²) < 4.78 is 4.52. The predicted molar refractivity (Wildman–Crippen MR) is 149 cm³/mol. The normalized spacial score (nSPS) is 14.1. The van der Waals surface area contributed by atoms with Crippen LogP contribution in [0.4, 0.5) is 5.69 Å². The third-order valence-electron chi connectivity index (χ3n) is 6.74. The zero-order valence-corrected chi connectivity index (χ0v) is 20.6. The lowest BCUT2D eigenvalue weighted by Gasteiger charge is -2.15. The fourth-order valence-electron chi connectivity index (χ4n) is 4.98. The zero-order valence-electron chi connectivity index (χ0n) is 19.7. The summed E-state index contributed by atoms with van der Waals surface area (Å²) in [4.78, 5) is 8.26. The number of para-hydroxylation sites is 5. The Morgan fingerprint density at radius 1 is 0.806 bits per heavy atom. The summed E-state index contributed by atoms with van der Waals surface area (Å²) in [6.45, 7) is 0. The van der Waals surface area contributed by atoms with Crippen LogP contribution in [0.5, 0.6) is 0 Å². The summed E-state index contributed by atoms with van der Waals surface area (Å²) in [6.07, 6.45) is 4.24. The SMILES string of the molecule is CN1/C(=C/c2cc(-n3cnc4ccccc43)[n+](-c3ccccc3)c3ccccc23)Sc2ccccc21. The summed E-state index contributed by atoms with van der Waals surface area (Å²) in [7, 11) is 2.14. The lowest BCUT2D eigenvalue weighted by Crippen LogP contribution is -2.37. The summed E-state index contributed by atoms with van der Waals surface area (Å²) in [5, 5.41) is 2.41. The average molecular weight is 484 g/mol. The molecule has 36 heavy (non-hydrogen) atoms. The highest BCUT2D eigenvalue weighted by Crippen LogP contribution is 2.45. The molecule has 5 heteroatoms. The van der Waals surface area contributed by atoms with E-state index in [1.165, 1.54) is 26.6 Å². The summed E-state index contributed by atoms with van der Waals surface area (Å²) in [6, 6.07) is 38.3. The molecule has 0 radical (unpaired) electrons. The predicted octanol–water partition coefficient (Wildman–Crippen LogP) is 7.00. The van der Waals surface area contributed by atoms with Crippen LogP contribution in [-0.4, -0.2) is 16.6 Å². The van der Waals surface area contributed by atoms with Gasteiger partial charge in [-0.05, 0) is 54.1 Å². The summed E-state index contributed by atoms with van der Waals surface area (Å²) >= 11 is 1.82. The van der Waals surface area contributed by atoms with Crippen LogP contribution in [0.2, 0.25) is 0 Å². The van der Waals surface area contributed by atoms with Gasteiger partial charge in [0.05, 0.1) is 10.7 Å². The van der Waals surface area contributed by atoms with Crippen LogP contribution in [0.3, 0.4) is 0 Å². The third-order valence-corrected chi connectivity index (χ3v) is 7.90. The summed E-state index contributed by atoms with van der Waals surface area (Å²) in [5.41, 5.74) is 6.74. The number of aromatic nitrogens is 3. The van der Waals surface area contributed by atoms with E-state index < -0.39 is 0 Å². The lowest BCUT2D eigenvalue weighted by atomic mass is 10.1. The molecule has 0 unspecified atom stereocenters. The monoisotopic (exact) mass is 483 g/mol. The van der Waals surface area contributed by atoms with Gasteiger partial charge in [-0.2, -0.15) is 9.13 Å². The number of nitrogens with zero attached hydrogens (tertiary/aromatic N) is 4. The van der Waals surface area contributed by atoms with E-state index in [1.807, 2.05) is 24.2 Å². The van der Waals surface area contributed by atoms with Crippen LogP contribution in [0, 0.1) is 0 Å². The van der Waals surface area contributed by atoms with Crippen molar-refractivity contribution in [1.82, 2.24) is 9.55 Å². The Labute approximate surface area is 213 Å². The molecule has 3 heterocycles. The first-order chi connectivity index (χ1) is 17.8. The van der Waals surface area contributed by atoms with E-state index in [4.69, 9.17) is 4.98 Å². The molecule has 4 aromatic carbocycles. The largest absolute Gasteiger partial charge is 0.338 e. The second-order valence-electron chi connectivity index (χ2n) is 8.86. The van der Waals surface area contributed by atoms with E-state index in [0.717, 1.165) is 28.1 Å². The Hall–Kier alpha value is -4.35. The fraction of sp³-hybridized carbons (Fsp3) is 0.0323. The maximum atomic E-state index is 4.70. The van der Waals surface area contributed by atoms with Crippen LogP contribution >= 0.6 is 11.8 Å². The molecular weight excluding hydrogens is 460 g/mol. The smallest absolute Gasteiger partial charge is 0.294 e. The first-order valence-corrected chi connectivity index (χ1v) is 12.8. The van der Waals surface area contributed by atoms with Crippen LogP contribution in [0.15, 0.2) is 125 Å². The summed E-state index contributed by atoms with van der Waals surface area (Å²) in [5.74, 6) is 1.05. The molecule has 2 aromatic heterocycles. The standard InChI is InChI=1S/C31H23N4S/c1-33-28-17-9-10-18-29(28)36-31(33)20-22-19-30(34-21-32-25-14-6-8-16-27(25)34)35(23-11-3-2-4-12-23)26-15-7-5-13-24(22)26/h2-21H,1H3/q+1. The van der Waals surface area contributed by atoms with Gasteiger partial charge < -0.3 is 4.90 Å². The van der Waals surface area contributed by atoms with E-state index in [1.54, 1.807) is 0 Å². The quantitative estimate of drug-likeness (QED) is 0.254. The maximum Gasteiger partial charge on any atom is 0.294 e. The van der Waals surface area contributed by atoms with Crippen LogP contribution in [-0.2, 0) is 0 Å². The first kappa shape index (κ1) is 21.0. The van der Waals surface area contributed by atoms with Crippen molar-refractivity contribution in [2.75, 3.05) is 11.9 Å². The van der Waals surface area contributed by atoms with Gasteiger partial charge in [0, 0.05) is 23.4 Å². The Balaban J connectivity index is 1.53. The number of hydrogen-bond acceptors (Lipinski definition) is 3. The minimum absolute atomic E-state index is 0.978. The highest BCUT2D eigenvalue weighted by Gasteiger charge is 2.25. The number of hydrogen-bond donors (Lipinski definition) is 0. The van der Waals surface area contributed by atoms with Gasteiger partial charge in [0.1, 0.15) is 16.7 Å². The highest BCUT2D eigenvalue weighted by atomic mass is 32.2. The van der Waals surface area contributed by atoms with Crippen molar-refractivity contribution in [3.05, 3.63) is 126 Å². The van der Waals surface area contributed by atoms with E-state index in [2.05, 4.69) is 130 Å². The lowest BCUT2D eigenvalue weighted by molar-refractivity contribution is -0.561. The van der Waals surface area contributed by atoms with Crippen molar-refractivity contribution < 1.29 is 4.57 Å². The van der Waals surface area contributed by atoms with Crippen molar-refractivity contribution in [3.63, 3.8) is 0 Å². The van der Waals surface area contributed by atoms with Gasteiger partial charge in [-0.1, -0.05) is 72.4 Å². The first-order valence-electron chi connectivity index (χ1n) is 12.0. The number of pyridine rings is 1. The van der Waals surface area contributed by atoms with Crippen molar-refractivity contribution in [2.24, 2.45) is 0 Å². The topological polar surface area (TPSA) is 24.9 Å². The zero-order chi connectivity index (χ0) is 24.1. The molecule has 0 bridgehead atoms. The van der Waals surface area contributed by atoms with Gasteiger partial charge in [0.25, 0.3) is 5.82 Å². The number of fused-ring (bicyclic) bond motifs is 3. The van der Waals surface area contributed by atoms with Gasteiger partial charge >= 0.3 is 0 Å². The molecule has 172 valence electrons. The van der Waals surface area contributed by atoms with E-state index in [9.17, 15) is 0 Å². The second-order valence-corrected chi connectivity index (χ2v) is 9.92. The number of benzene rings is 4. The van der Waals surface area contributed by atoms with E-state index in [0.29, 0.717) is 0 Å². The molecule has 7 rings (SSSR count). The van der Waals surface area contributed by atoms with Crippen LogP contribution in [0.25, 0.3) is 39.5 Å². The van der Waals surface area contributed by atoms with E-state index >= 15 is 0 Å². The molecule has 4 nitrogen and oxygen atoms in total. The fourth-order valence-corrected chi connectivity index (χ4v) is 6.09. The number of anilines is 1.